The number of nitrogens with zero attached hydrogens (tertiary/aromatic N) is 4. The summed E-state index contributed by atoms with van der Waals surface area (Å²) in [7, 11) is 0. The van der Waals surface area contributed by atoms with E-state index in [0.717, 1.165) is 33.3 Å². The quantitative estimate of drug-likeness (QED) is 0.585. The number of anilines is 1. The number of nitrogen functional groups attached to an aromatic ring is 1. The van der Waals surface area contributed by atoms with Gasteiger partial charge < -0.3 is 5.73 Å². The number of hydrogen-bond acceptors (Lipinski definition) is 5. The Morgan fingerprint density at radius 1 is 0.913 bits per heavy atom. The third kappa shape index (κ3) is 2.60. The zero-order valence-electron chi connectivity index (χ0n) is 12.1. The first-order chi connectivity index (χ1) is 11.3. The van der Waals surface area contributed by atoms with Gasteiger partial charge in [0.05, 0.1) is 17.6 Å². The number of rotatable bonds is 3. The van der Waals surface area contributed by atoms with E-state index in [2.05, 4.69) is 15.3 Å². The maximum absolute atomic E-state index is 5.75. The Hall–Kier alpha value is -2.99. The van der Waals surface area contributed by atoms with Crippen molar-refractivity contribution in [1.82, 2.24) is 20.0 Å². The molecule has 0 spiro atoms. The average Bonchev–Trinajstić information content (AvgIpc) is 3.25. The largest absolute Gasteiger partial charge is 0.399 e. The summed E-state index contributed by atoms with van der Waals surface area (Å²) in [6, 6.07) is 17.7. The Balaban J connectivity index is 1.74. The molecule has 5 nitrogen and oxygen atoms in total. The molecule has 0 aliphatic rings. The van der Waals surface area contributed by atoms with Crippen molar-refractivity contribution in [2.45, 2.75) is 0 Å². The lowest BCUT2D eigenvalue weighted by molar-refractivity contribution is 0.802. The number of aromatic nitrogens is 4. The molecule has 6 heteroatoms. The molecular weight excluding hydrogens is 306 g/mol. The summed E-state index contributed by atoms with van der Waals surface area (Å²) in [6.45, 7) is 0. The summed E-state index contributed by atoms with van der Waals surface area (Å²) in [5.41, 5.74) is 10.4. The third-order valence-corrected chi connectivity index (χ3v) is 4.31. The molecule has 4 aromatic rings. The number of nitrogens with two attached hydrogens (primary N) is 1. The number of hydrogen-bond donors (Lipinski definition) is 1. The van der Waals surface area contributed by atoms with Crippen molar-refractivity contribution in [2.75, 3.05) is 5.73 Å². The smallest absolute Gasteiger partial charge is 0.212 e. The lowest BCUT2D eigenvalue weighted by Gasteiger charge is -2.03. The van der Waals surface area contributed by atoms with E-state index < -0.39 is 0 Å². The highest BCUT2D eigenvalue weighted by Gasteiger charge is 2.12. The van der Waals surface area contributed by atoms with E-state index in [1.165, 1.54) is 11.3 Å². The van der Waals surface area contributed by atoms with Gasteiger partial charge in [0.2, 0.25) is 5.13 Å². The Kier molecular flexibility index (Phi) is 3.36. The van der Waals surface area contributed by atoms with E-state index in [1.807, 2.05) is 60.0 Å². The molecule has 0 atom stereocenters. The first-order valence-corrected chi connectivity index (χ1v) is 7.97. The molecule has 0 amide bonds. The molecule has 23 heavy (non-hydrogen) atoms. The predicted octanol–water partition coefficient (Wildman–Crippen LogP) is 3.64. The molecule has 0 aliphatic carbocycles. The van der Waals surface area contributed by atoms with Crippen molar-refractivity contribution in [3.63, 3.8) is 0 Å². The molecule has 2 N–H and O–H groups in total. The van der Waals surface area contributed by atoms with Crippen LogP contribution in [0, 0.1) is 0 Å². The standard InChI is InChI=1S/C17H13N5S/c18-14-8-6-13(7-9-14)16-10-19-21-22(16)17-20-15(11-23-17)12-4-2-1-3-5-12/h1-11H,18H2. The highest BCUT2D eigenvalue weighted by atomic mass is 32.1. The van der Waals surface area contributed by atoms with Crippen LogP contribution in [0.5, 0.6) is 0 Å². The molecule has 0 aliphatic heterocycles. The highest BCUT2D eigenvalue weighted by molar-refractivity contribution is 7.12. The molecule has 2 aromatic carbocycles. The van der Waals surface area contributed by atoms with Gasteiger partial charge in [-0.3, -0.25) is 0 Å². The van der Waals surface area contributed by atoms with Crippen molar-refractivity contribution in [3.8, 4) is 27.6 Å². The number of thiazole rings is 1. The van der Waals surface area contributed by atoms with Gasteiger partial charge in [0, 0.05) is 22.2 Å². The normalized spacial score (nSPS) is 10.8. The van der Waals surface area contributed by atoms with Crippen LogP contribution in [0.3, 0.4) is 0 Å². The average molecular weight is 319 g/mol. The van der Waals surface area contributed by atoms with Gasteiger partial charge in [0.15, 0.2) is 0 Å². The molecular formula is C17H13N5S. The van der Waals surface area contributed by atoms with Crippen molar-refractivity contribution in [1.29, 1.82) is 0 Å². The summed E-state index contributed by atoms with van der Waals surface area (Å²) in [5, 5.41) is 11.0. The zero-order chi connectivity index (χ0) is 15.6. The van der Waals surface area contributed by atoms with E-state index in [1.54, 1.807) is 10.9 Å². The van der Waals surface area contributed by atoms with Crippen molar-refractivity contribution < 1.29 is 0 Å². The van der Waals surface area contributed by atoms with Crippen LogP contribution < -0.4 is 5.73 Å². The summed E-state index contributed by atoms with van der Waals surface area (Å²) in [6.07, 6.45) is 1.73. The topological polar surface area (TPSA) is 69.6 Å². The highest BCUT2D eigenvalue weighted by Crippen LogP contribution is 2.27. The molecule has 112 valence electrons. The van der Waals surface area contributed by atoms with E-state index >= 15 is 0 Å². The minimum absolute atomic E-state index is 0.730. The SMILES string of the molecule is Nc1ccc(-c2cnnn2-c2nc(-c3ccccc3)cs2)cc1. The lowest BCUT2D eigenvalue weighted by atomic mass is 10.1. The van der Waals surface area contributed by atoms with E-state index in [4.69, 9.17) is 5.73 Å². The summed E-state index contributed by atoms with van der Waals surface area (Å²) < 4.78 is 1.75. The number of benzene rings is 2. The minimum Gasteiger partial charge on any atom is -0.399 e. The third-order valence-electron chi connectivity index (χ3n) is 3.50. The van der Waals surface area contributed by atoms with E-state index in [9.17, 15) is 0 Å². The van der Waals surface area contributed by atoms with Gasteiger partial charge in [-0.05, 0) is 12.1 Å². The van der Waals surface area contributed by atoms with Crippen LogP contribution in [0.15, 0.2) is 66.2 Å². The van der Waals surface area contributed by atoms with Gasteiger partial charge >= 0.3 is 0 Å². The second-order valence-corrected chi connectivity index (χ2v) is 5.87. The van der Waals surface area contributed by atoms with Crippen LogP contribution in [-0.4, -0.2) is 20.0 Å². The van der Waals surface area contributed by atoms with Crippen LogP contribution >= 0.6 is 11.3 Å². The predicted molar refractivity (Wildman–Crippen MR) is 92.3 cm³/mol. The van der Waals surface area contributed by atoms with Crippen molar-refractivity contribution in [2.24, 2.45) is 0 Å². The van der Waals surface area contributed by atoms with Gasteiger partial charge in [-0.1, -0.05) is 47.7 Å². The maximum Gasteiger partial charge on any atom is 0.212 e. The van der Waals surface area contributed by atoms with Gasteiger partial charge in [0.1, 0.15) is 0 Å². The van der Waals surface area contributed by atoms with Crippen LogP contribution in [0.1, 0.15) is 0 Å². The minimum atomic E-state index is 0.730. The van der Waals surface area contributed by atoms with Crippen LogP contribution in [0.4, 0.5) is 5.69 Å². The van der Waals surface area contributed by atoms with Gasteiger partial charge in [-0.15, -0.1) is 16.4 Å². The van der Waals surface area contributed by atoms with Crippen LogP contribution in [0.25, 0.3) is 27.6 Å². The van der Waals surface area contributed by atoms with Gasteiger partial charge in [-0.2, -0.15) is 4.68 Å². The summed E-state index contributed by atoms with van der Waals surface area (Å²) in [5.74, 6) is 0. The molecule has 0 saturated heterocycles. The Labute approximate surface area is 137 Å². The molecule has 0 fully saturated rings. The second-order valence-electron chi connectivity index (χ2n) is 5.03. The Bertz CT molecular complexity index is 925. The lowest BCUT2D eigenvalue weighted by Crippen LogP contribution is -1.99. The van der Waals surface area contributed by atoms with Gasteiger partial charge in [0.25, 0.3) is 0 Å². The van der Waals surface area contributed by atoms with E-state index in [0.29, 0.717) is 0 Å². The second kappa shape index (κ2) is 5.66. The molecule has 0 unspecified atom stereocenters. The van der Waals surface area contributed by atoms with Crippen LogP contribution in [0.2, 0.25) is 0 Å². The molecule has 0 saturated carbocycles. The first-order valence-electron chi connectivity index (χ1n) is 7.09. The molecule has 0 bridgehead atoms. The fourth-order valence-corrected chi connectivity index (χ4v) is 3.12. The molecule has 2 aromatic heterocycles. The molecule has 2 heterocycles. The fraction of sp³-hybridized carbons (Fsp3) is 0. The monoisotopic (exact) mass is 319 g/mol. The van der Waals surface area contributed by atoms with Crippen molar-refractivity contribution >= 4 is 17.0 Å². The molecule has 4 rings (SSSR count). The zero-order valence-corrected chi connectivity index (χ0v) is 12.9. The van der Waals surface area contributed by atoms with Crippen molar-refractivity contribution in [3.05, 3.63) is 66.2 Å². The summed E-state index contributed by atoms with van der Waals surface area (Å²) >= 11 is 1.54. The Morgan fingerprint density at radius 2 is 1.70 bits per heavy atom. The summed E-state index contributed by atoms with van der Waals surface area (Å²) in [4.78, 5) is 4.68. The first kappa shape index (κ1) is 13.7. The van der Waals surface area contributed by atoms with Gasteiger partial charge in [-0.25, -0.2) is 4.98 Å². The van der Waals surface area contributed by atoms with Crippen LogP contribution in [-0.2, 0) is 0 Å². The fourth-order valence-electron chi connectivity index (χ4n) is 2.33. The molecule has 0 radical (unpaired) electrons. The Morgan fingerprint density at radius 3 is 2.48 bits per heavy atom. The maximum atomic E-state index is 5.75. The van der Waals surface area contributed by atoms with E-state index in [-0.39, 0.29) is 0 Å².